The Morgan fingerprint density at radius 2 is 2.10 bits per heavy atom. The zero-order valence-corrected chi connectivity index (χ0v) is 12.4. The summed E-state index contributed by atoms with van der Waals surface area (Å²) in [5.41, 5.74) is 0.267. The molecular formula is C13H9BrClNO4. The van der Waals surface area contributed by atoms with E-state index in [1.54, 1.807) is 18.2 Å². The fourth-order valence-electron chi connectivity index (χ4n) is 1.61. The zero-order valence-electron chi connectivity index (χ0n) is 10.0. The van der Waals surface area contributed by atoms with Gasteiger partial charge in [-0.25, -0.2) is 0 Å². The highest BCUT2D eigenvalue weighted by molar-refractivity contribution is 9.10. The molecule has 2 rings (SSSR count). The molecule has 7 heteroatoms. The van der Waals surface area contributed by atoms with Crippen LogP contribution in [0.4, 0.5) is 5.69 Å². The van der Waals surface area contributed by atoms with E-state index in [4.69, 9.17) is 16.3 Å². The number of nitro groups is 1. The normalized spacial score (nSPS) is 10.3. The van der Waals surface area contributed by atoms with E-state index in [0.717, 1.165) is 4.47 Å². The molecule has 0 fully saturated rings. The van der Waals surface area contributed by atoms with Gasteiger partial charge in [0.15, 0.2) is 0 Å². The van der Waals surface area contributed by atoms with E-state index in [2.05, 4.69) is 15.9 Å². The molecule has 0 atom stereocenters. The Balaban J connectivity index is 2.50. The van der Waals surface area contributed by atoms with Gasteiger partial charge in [-0.3, -0.25) is 10.1 Å². The summed E-state index contributed by atoms with van der Waals surface area (Å²) in [6.45, 7) is -0.249. The molecule has 0 aromatic heterocycles. The van der Waals surface area contributed by atoms with Crippen molar-refractivity contribution in [3.63, 3.8) is 0 Å². The number of nitro benzene ring substituents is 1. The number of hydrogen-bond acceptors (Lipinski definition) is 4. The van der Waals surface area contributed by atoms with Crippen LogP contribution in [0.2, 0.25) is 5.02 Å². The standard InChI is InChI=1S/C13H9BrClNO4/c14-9-5-4-8(7-17)12(6-9)20-13-10(15)2-1-3-11(13)16(18)19/h1-6,17H,7H2. The third-order valence-corrected chi connectivity index (χ3v) is 3.35. The van der Waals surface area contributed by atoms with Gasteiger partial charge >= 0.3 is 5.69 Å². The Hall–Kier alpha value is -1.63. The van der Waals surface area contributed by atoms with Crippen molar-refractivity contribution in [2.75, 3.05) is 0 Å². The number of aliphatic hydroxyl groups excluding tert-OH is 1. The molecule has 0 bridgehead atoms. The van der Waals surface area contributed by atoms with E-state index in [0.29, 0.717) is 11.3 Å². The van der Waals surface area contributed by atoms with Gasteiger partial charge in [0.2, 0.25) is 5.75 Å². The summed E-state index contributed by atoms with van der Waals surface area (Å²) >= 11 is 9.23. The summed E-state index contributed by atoms with van der Waals surface area (Å²) in [7, 11) is 0. The summed E-state index contributed by atoms with van der Waals surface area (Å²) in [5.74, 6) is 0.255. The van der Waals surface area contributed by atoms with Crippen molar-refractivity contribution in [3.05, 3.63) is 61.6 Å². The first-order chi connectivity index (χ1) is 9.52. The maximum Gasteiger partial charge on any atom is 0.313 e. The van der Waals surface area contributed by atoms with Crippen molar-refractivity contribution in [1.29, 1.82) is 0 Å². The quantitative estimate of drug-likeness (QED) is 0.653. The second-order valence-corrected chi connectivity index (χ2v) is 5.18. The number of hydrogen-bond donors (Lipinski definition) is 1. The maximum absolute atomic E-state index is 11.0. The van der Waals surface area contributed by atoms with Crippen LogP contribution in [-0.4, -0.2) is 10.0 Å². The van der Waals surface area contributed by atoms with E-state index in [-0.39, 0.29) is 23.1 Å². The van der Waals surface area contributed by atoms with Crippen LogP contribution in [0, 0.1) is 10.1 Å². The van der Waals surface area contributed by atoms with Gasteiger partial charge in [-0.1, -0.05) is 39.7 Å². The fraction of sp³-hybridized carbons (Fsp3) is 0.0769. The lowest BCUT2D eigenvalue weighted by atomic mass is 10.2. The molecule has 104 valence electrons. The Labute approximate surface area is 128 Å². The minimum absolute atomic E-state index is 0.0491. The van der Waals surface area contributed by atoms with Crippen molar-refractivity contribution in [2.24, 2.45) is 0 Å². The molecule has 0 aliphatic heterocycles. The predicted octanol–water partition coefficient (Wildman–Crippen LogP) is 4.30. The topological polar surface area (TPSA) is 72.6 Å². The monoisotopic (exact) mass is 357 g/mol. The molecule has 20 heavy (non-hydrogen) atoms. The van der Waals surface area contributed by atoms with Crippen molar-refractivity contribution in [3.8, 4) is 11.5 Å². The zero-order chi connectivity index (χ0) is 14.7. The molecular weight excluding hydrogens is 350 g/mol. The first-order valence-electron chi connectivity index (χ1n) is 5.53. The minimum atomic E-state index is -0.572. The van der Waals surface area contributed by atoms with Crippen molar-refractivity contribution < 1.29 is 14.8 Å². The van der Waals surface area contributed by atoms with E-state index in [1.165, 1.54) is 18.2 Å². The molecule has 0 unspecified atom stereocenters. The molecule has 0 heterocycles. The molecule has 2 aromatic rings. The van der Waals surface area contributed by atoms with E-state index in [9.17, 15) is 15.2 Å². The van der Waals surface area contributed by atoms with Gasteiger partial charge in [0.1, 0.15) is 5.75 Å². The molecule has 0 saturated carbocycles. The van der Waals surface area contributed by atoms with Gasteiger partial charge in [-0.15, -0.1) is 0 Å². The largest absolute Gasteiger partial charge is 0.448 e. The molecule has 0 aliphatic carbocycles. The lowest BCUT2D eigenvalue weighted by Crippen LogP contribution is -1.96. The average Bonchev–Trinajstić information content (AvgIpc) is 2.41. The Kier molecular flexibility index (Phi) is 4.59. The highest BCUT2D eigenvalue weighted by atomic mass is 79.9. The number of aliphatic hydroxyl groups is 1. The number of halogens is 2. The van der Waals surface area contributed by atoms with Gasteiger partial charge in [-0.05, 0) is 18.2 Å². The van der Waals surface area contributed by atoms with Crippen molar-refractivity contribution in [2.45, 2.75) is 6.61 Å². The first-order valence-corrected chi connectivity index (χ1v) is 6.70. The maximum atomic E-state index is 11.0. The summed E-state index contributed by atoms with van der Waals surface area (Å²) < 4.78 is 6.26. The van der Waals surface area contributed by atoms with Crippen molar-refractivity contribution in [1.82, 2.24) is 0 Å². The van der Waals surface area contributed by atoms with Crippen LogP contribution < -0.4 is 4.74 Å². The lowest BCUT2D eigenvalue weighted by Gasteiger charge is -2.11. The SMILES string of the molecule is O=[N+]([O-])c1cccc(Cl)c1Oc1cc(Br)ccc1CO. The summed E-state index contributed by atoms with van der Waals surface area (Å²) in [5, 5.41) is 20.4. The van der Waals surface area contributed by atoms with E-state index >= 15 is 0 Å². The molecule has 2 aromatic carbocycles. The second-order valence-electron chi connectivity index (χ2n) is 3.86. The third kappa shape index (κ3) is 3.09. The molecule has 0 radical (unpaired) electrons. The Bertz CT molecular complexity index is 663. The van der Waals surface area contributed by atoms with Crippen LogP contribution in [0.25, 0.3) is 0 Å². The molecule has 0 amide bonds. The van der Waals surface area contributed by atoms with Crippen LogP contribution in [-0.2, 0) is 6.61 Å². The molecule has 5 nitrogen and oxygen atoms in total. The number of benzene rings is 2. The number of nitrogens with zero attached hydrogens (tertiary/aromatic N) is 1. The minimum Gasteiger partial charge on any atom is -0.448 e. The predicted molar refractivity (Wildman–Crippen MR) is 78.2 cm³/mol. The smallest absolute Gasteiger partial charge is 0.313 e. The summed E-state index contributed by atoms with van der Waals surface area (Å²) in [6.07, 6.45) is 0. The molecule has 1 N–H and O–H groups in total. The van der Waals surface area contributed by atoms with Crippen LogP contribution in [0.15, 0.2) is 40.9 Å². The van der Waals surface area contributed by atoms with Crippen molar-refractivity contribution >= 4 is 33.2 Å². The third-order valence-electron chi connectivity index (χ3n) is 2.55. The Morgan fingerprint density at radius 3 is 2.75 bits per heavy atom. The summed E-state index contributed by atoms with van der Waals surface area (Å²) in [6, 6.07) is 9.28. The molecule has 0 aliphatic rings. The number of rotatable bonds is 4. The molecule has 0 spiro atoms. The van der Waals surface area contributed by atoms with Crippen LogP contribution in [0.5, 0.6) is 11.5 Å². The fourth-order valence-corrected chi connectivity index (χ4v) is 2.15. The highest BCUT2D eigenvalue weighted by Gasteiger charge is 2.20. The van der Waals surface area contributed by atoms with Gasteiger partial charge in [-0.2, -0.15) is 0 Å². The number of para-hydroxylation sites is 1. The first kappa shape index (κ1) is 14.8. The van der Waals surface area contributed by atoms with E-state index in [1.807, 2.05) is 0 Å². The van der Waals surface area contributed by atoms with Gasteiger partial charge in [0.05, 0.1) is 16.6 Å². The highest BCUT2D eigenvalue weighted by Crippen LogP contribution is 2.39. The van der Waals surface area contributed by atoms with Crippen LogP contribution in [0.1, 0.15) is 5.56 Å². The molecule has 0 saturated heterocycles. The second kappa shape index (κ2) is 6.21. The summed E-state index contributed by atoms with van der Waals surface area (Å²) in [4.78, 5) is 10.4. The van der Waals surface area contributed by atoms with Crippen LogP contribution in [0.3, 0.4) is 0 Å². The Morgan fingerprint density at radius 1 is 1.35 bits per heavy atom. The number of ether oxygens (including phenoxy) is 1. The van der Waals surface area contributed by atoms with Gasteiger partial charge in [0, 0.05) is 16.1 Å². The van der Waals surface area contributed by atoms with Gasteiger partial charge in [0.25, 0.3) is 0 Å². The lowest BCUT2D eigenvalue weighted by molar-refractivity contribution is -0.385. The van der Waals surface area contributed by atoms with Crippen LogP contribution >= 0.6 is 27.5 Å². The van der Waals surface area contributed by atoms with Gasteiger partial charge < -0.3 is 9.84 Å². The van der Waals surface area contributed by atoms with E-state index < -0.39 is 4.92 Å². The average molecular weight is 359 g/mol.